The van der Waals surface area contributed by atoms with Gasteiger partial charge in [0.05, 0.1) is 13.2 Å². The van der Waals surface area contributed by atoms with E-state index < -0.39 is 0 Å². The number of allylic oxidation sites excluding steroid dienone is 1. The predicted octanol–water partition coefficient (Wildman–Crippen LogP) is 2.21. The minimum Gasteiger partial charge on any atom is -0.466 e. The van der Waals surface area contributed by atoms with Crippen molar-refractivity contribution in [1.29, 1.82) is 0 Å². The lowest BCUT2D eigenvalue weighted by Gasteiger charge is -2.12. The lowest BCUT2D eigenvalue weighted by atomic mass is 9.98. The maximum absolute atomic E-state index is 10.7. The van der Waals surface area contributed by atoms with Gasteiger partial charge >= 0.3 is 5.97 Å². The molecule has 16 heavy (non-hydrogen) atoms. The van der Waals surface area contributed by atoms with Gasteiger partial charge in [-0.1, -0.05) is 24.6 Å². The number of unbranched alkanes of at least 4 members (excludes halogenated alkanes) is 2. The molecule has 1 aliphatic rings. The Morgan fingerprint density at radius 2 is 2.38 bits per heavy atom. The number of carbonyl (C=O) groups excluding carboxylic acids is 1. The first kappa shape index (κ1) is 13.0. The first-order chi connectivity index (χ1) is 7.74. The molecule has 0 bridgehead atoms. The highest BCUT2D eigenvalue weighted by atomic mass is 16.5. The molecule has 0 amide bonds. The normalized spacial score (nSPS) is 24.1. The first-order valence-electron chi connectivity index (χ1n) is 5.83. The van der Waals surface area contributed by atoms with Crippen LogP contribution in [-0.4, -0.2) is 24.3 Å². The third-order valence-corrected chi connectivity index (χ3v) is 2.87. The highest BCUT2D eigenvalue weighted by Gasteiger charge is 2.18. The molecule has 0 aliphatic heterocycles. The van der Waals surface area contributed by atoms with Crippen molar-refractivity contribution in [3.63, 3.8) is 0 Å². The van der Waals surface area contributed by atoms with E-state index in [2.05, 4.69) is 10.8 Å². The maximum Gasteiger partial charge on any atom is 0.330 e. The quantitative estimate of drug-likeness (QED) is 0.326. The van der Waals surface area contributed by atoms with Gasteiger partial charge in [0, 0.05) is 12.0 Å². The predicted molar refractivity (Wildman–Crippen MR) is 62.9 cm³/mol. The van der Waals surface area contributed by atoms with E-state index >= 15 is 0 Å². The molecule has 0 saturated carbocycles. The number of aliphatic hydroxyl groups is 1. The van der Waals surface area contributed by atoms with Crippen molar-refractivity contribution in [2.75, 3.05) is 7.11 Å². The molecule has 90 valence electrons. The monoisotopic (exact) mass is 224 g/mol. The zero-order valence-corrected chi connectivity index (χ0v) is 9.76. The summed E-state index contributed by atoms with van der Waals surface area (Å²) in [7, 11) is 1.38. The number of ether oxygens (including phenoxy) is 1. The smallest absolute Gasteiger partial charge is 0.330 e. The van der Waals surface area contributed by atoms with Crippen molar-refractivity contribution in [1.82, 2.24) is 0 Å². The fraction of sp³-hybridized carbons (Fsp3) is 0.615. The van der Waals surface area contributed by atoms with Crippen LogP contribution in [0.1, 0.15) is 32.1 Å². The van der Waals surface area contributed by atoms with Crippen LogP contribution in [0.25, 0.3) is 0 Å². The molecule has 0 heterocycles. The molecule has 1 N–H and O–H groups in total. The van der Waals surface area contributed by atoms with E-state index in [1.165, 1.54) is 13.2 Å². The molecule has 1 rings (SSSR count). The van der Waals surface area contributed by atoms with Gasteiger partial charge in [-0.3, -0.25) is 0 Å². The molecule has 0 aromatic carbocycles. The van der Waals surface area contributed by atoms with Gasteiger partial charge in [-0.25, -0.2) is 4.79 Å². The second kappa shape index (κ2) is 7.23. The van der Waals surface area contributed by atoms with Crippen molar-refractivity contribution in [3.8, 4) is 0 Å². The van der Waals surface area contributed by atoms with Crippen LogP contribution in [0.3, 0.4) is 0 Å². The van der Waals surface area contributed by atoms with Gasteiger partial charge in [-0.05, 0) is 25.7 Å². The van der Waals surface area contributed by atoms with Gasteiger partial charge in [0.15, 0.2) is 0 Å². The van der Waals surface area contributed by atoms with E-state index in [0.717, 1.165) is 32.1 Å². The second-order valence-corrected chi connectivity index (χ2v) is 4.11. The number of hydrogen-bond acceptors (Lipinski definition) is 3. The van der Waals surface area contributed by atoms with Gasteiger partial charge in [0.1, 0.15) is 0 Å². The van der Waals surface area contributed by atoms with E-state index in [0.29, 0.717) is 5.92 Å². The summed E-state index contributed by atoms with van der Waals surface area (Å²) >= 11 is 0. The Balaban J connectivity index is 2.02. The van der Waals surface area contributed by atoms with Gasteiger partial charge < -0.3 is 9.84 Å². The van der Waals surface area contributed by atoms with Crippen molar-refractivity contribution in [3.05, 3.63) is 24.3 Å². The largest absolute Gasteiger partial charge is 0.466 e. The summed E-state index contributed by atoms with van der Waals surface area (Å²) in [6, 6.07) is 0. The molecule has 3 heteroatoms. The summed E-state index contributed by atoms with van der Waals surface area (Å²) in [5.74, 6) is 0.0405. The van der Waals surface area contributed by atoms with Crippen molar-refractivity contribution < 1.29 is 14.6 Å². The molecule has 1 aliphatic carbocycles. The molecule has 0 radical (unpaired) electrons. The summed E-state index contributed by atoms with van der Waals surface area (Å²) in [6.07, 6.45) is 12.1. The Hall–Kier alpha value is -1.09. The van der Waals surface area contributed by atoms with Crippen molar-refractivity contribution >= 4 is 5.97 Å². The summed E-state index contributed by atoms with van der Waals surface area (Å²) in [5, 5.41) is 9.56. The summed E-state index contributed by atoms with van der Waals surface area (Å²) in [4.78, 5) is 10.7. The summed E-state index contributed by atoms with van der Waals surface area (Å²) in [5.41, 5.74) is 0. The number of carbonyl (C=O) groups is 1. The van der Waals surface area contributed by atoms with Crippen molar-refractivity contribution in [2.24, 2.45) is 5.92 Å². The van der Waals surface area contributed by atoms with Gasteiger partial charge in [0.25, 0.3) is 0 Å². The summed E-state index contributed by atoms with van der Waals surface area (Å²) < 4.78 is 4.48. The highest BCUT2D eigenvalue weighted by molar-refractivity contribution is 5.81. The number of rotatable bonds is 6. The summed E-state index contributed by atoms with van der Waals surface area (Å²) in [6.45, 7) is 0. The minimum absolute atomic E-state index is 0.175. The zero-order chi connectivity index (χ0) is 11.8. The van der Waals surface area contributed by atoms with E-state index in [-0.39, 0.29) is 12.1 Å². The van der Waals surface area contributed by atoms with E-state index in [4.69, 9.17) is 0 Å². The molecule has 0 aromatic rings. The Labute approximate surface area is 96.8 Å². The molecule has 0 saturated heterocycles. The number of aliphatic hydroxyl groups excluding tert-OH is 1. The first-order valence-corrected chi connectivity index (χ1v) is 5.83. The van der Waals surface area contributed by atoms with Crippen LogP contribution in [0.15, 0.2) is 24.3 Å². The Bertz CT molecular complexity index is 268. The fourth-order valence-electron chi connectivity index (χ4n) is 1.87. The maximum atomic E-state index is 10.7. The average Bonchev–Trinajstić information content (AvgIpc) is 2.69. The second-order valence-electron chi connectivity index (χ2n) is 4.11. The standard InChI is InChI=1S/C13H20O3/c1-16-13(15)10-5-3-2-4-7-11-8-6-9-12(11)14/h5-6,8,10-12,14H,2-4,7,9H2,1H3/t11-,12+/m0/s1. The topological polar surface area (TPSA) is 46.5 Å². The van der Waals surface area contributed by atoms with Crippen LogP contribution in [0.4, 0.5) is 0 Å². The number of methoxy groups -OCH3 is 1. The molecule has 2 atom stereocenters. The van der Waals surface area contributed by atoms with Gasteiger partial charge in [-0.2, -0.15) is 0 Å². The Morgan fingerprint density at radius 1 is 1.56 bits per heavy atom. The molecule has 0 fully saturated rings. The van der Waals surface area contributed by atoms with Crippen LogP contribution >= 0.6 is 0 Å². The average molecular weight is 224 g/mol. The van der Waals surface area contributed by atoms with Crippen LogP contribution in [0.2, 0.25) is 0 Å². The SMILES string of the molecule is COC(=O)C=CCCCC[C@H]1C=CC[C@H]1O. The number of esters is 1. The molecule has 0 aromatic heterocycles. The zero-order valence-electron chi connectivity index (χ0n) is 9.76. The molecule has 3 nitrogen and oxygen atoms in total. The minimum atomic E-state index is -0.297. The Morgan fingerprint density at radius 3 is 3.00 bits per heavy atom. The fourth-order valence-corrected chi connectivity index (χ4v) is 1.87. The Kier molecular flexibility index (Phi) is 5.86. The van der Waals surface area contributed by atoms with E-state index in [1.807, 2.05) is 12.2 Å². The van der Waals surface area contributed by atoms with Gasteiger partial charge in [0.2, 0.25) is 0 Å². The van der Waals surface area contributed by atoms with E-state index in [9.17, 15) is 9.90 Å². The lowest BCUT2D eigenvalue weighted by molar-refractivity contribution is -0.134. The third-order valence-electron chi connectivity index (χ3n) is 2.87. The van der Waals surface area contributed by atoms with Crippen LogP contribution in [0.5, 0.6) is 0 Å². The molecule has 0 spiro atoms. The third kappa shape index (κ3) is 4.62. The van der Waals surface area contributed by atoms with Crippen LogP contribution in [0, 0.1) is 5.92 Å². The molecule has 0 unspecified atom stereocenters. The van der Waals surface area contributed by atoms with Gasteiger partial charge in [-0.15, -0.1) is 0 Å². The number of hydrogen-bond donors (Lipinski definition) is 1. The van der Waals surface area contributed by atoms with Crippen LogP contribution in [-0.2, 0) is 9.53 Å². The highest BCUT2D eigenvalue weighted by Crippen LogP contribution is 2.23. The van der Waals surface area contributed by atoms with Crippen molar-refractivity contribution in [2.45, 2.75) is 38.2 Å². The van der Waals surface area contributed by atoms with E-state index in [1.54, 1.807) is 0 Å². The van der Waals surface area contributed by atoms with Crippen LogP contribution < -0.4 is 0 Å². The lowest BCUT2D eigenvalue weighted by Crippen LogP contribution is -2.12. The molecular weight excluding hydrogens is 204 g/mol. The molecular formula is C13H20O3.